The zero-order chi connectivity index (χ0) is 13.3. The first-order valence-electron chi connectivity index (χ1n) is 8.16. The first-order chi connectivity index (χ1) is 8.91. The molecule has 0 heterocycles. The first kappa shape index (κ1) is 21.2. The van der Waals surface area contributed by atoms with Crippen molar-refractivity contribution in [2.45, 2.75) is 90.9 Å². The zero-order valence-electron chi connectivity index (χ0n) is 13.1. The molecule has 0 radical (unpaired) electrons. The standard InChI is InChI=1S/C16H34O2.FH/c1-3-5-7-9-11-13-15-17-18-16-14-12-10-8-6-4-2;/h3-16H2,1-2H3;1H. The number of hydrogen-bond donors (Lipinski definition) is 0. The summed E-state index contributed by atoms with van der Waals surface area (Å²) in [6.07, 6.45) is 15.6. The highest BCUT2D eigenvalue weighted by atomic mass is 19.0. The van der Waals surface area contributed by atoms with Gasteiger partial charge in [0.15, 0.2) is 0 Å². The van der Waals surface area contributed by atoms with Gasteiger partial charge in [-0.05, 0) is 12.8 Å². The average Bonchev–Trinajstić information content (AvgIpc) is 2.39. The number of rotatable bonds is 15. The van der Waals surface area contributed by atoms with E-state index < -0.39 is 0 Å². The highest BCUT2D eigenvalue weighted by molar-refractivity contribution is 4.43. The molecule has 0 saturated carbocycles. The summed E-state index contributed by atoms with van der Waals surface area (Å²) < 4.78 is 0. The molecule has 0 saturated heterocycles. The van der Waals surface area contributed by atoms with Crippen LogP contribution in [0.1, 0.15) is 90.9 Å². The van der Waals surface area contributed by atoms with E-state index in [2.05, 4.69) is 13.8 Å². The van der Waals surface area contributed by atoms with Crippen LogP contribution in [0, 0.1) is 0 Å². The van der Waals surface area contributed by atoms with E-state index in [0.717, 1.165) is 26.1 Å². The van der Waals surface area contributed by atoms with Crippen LogP contribution < -0.4 is 0 Å². The Hall–Kier alpha value is -0.150. The molecular weight excluding hydrogens is 243 g/mol. The molecule has 3 heteroatoms. The third-order valence-electron chi connectivity index (χ3n) is 3.25. The fourth-order valence-corrected chi connectivity index (χ4v) is 2.00. The van der Waals surface area contributed by atoms with Crippen molar-refractivity contribution >= 4 is 0 Å². The summed E-state index contributed by atoms with van der Waals surface area (Å²) in [5.41, 5.74) is 0. The molecule has 0 fully saturated rings. The summed E-state index contributed by atoms with van der Waals surface area (Å²) in [6.45, 7) is 6.03. The van der Waals surface area contributed by atoms with Crippen LogP contribution >= 0.6 is 0 Å². The maximum atomic E-state index is 5.17. The van der Waals surface area contributed by atoms with Gasteiger partial charge in [-0.15, -0.1) is 0 Å². The second kappa shape index (κ2) is 20.2. The average molecular weight is 278 g/mol. The quantitative estimate of drug-likeness (QED) is 0.214. The van der Waals surface area contributed by atoms with Gasteiger partial charge in [0, 0.05) is 0 Å². The van der Waals surface area contributed by atoms with E-state index >= 15 is 0 Å². The van der Waals surface area contributed by atoms with Gasteiger partial charge in [0.05, 0.1) is 13.2 Å². The molecule has 0 aromatic rings. The molecule has 118 valence electrons. The predicted octanol–water partition coefficient (Wildman–Crippen LogP) is 5.81. The summed E-state index contributed by atoms with van der Waals surface area (Å²) in [5.74, 6) is 0. The summed E-state index contributed by atoms with van der Waals surface area (Å²) in [6, 6.07) is 0. The Kier molecular flexibility index (Phi) is 22.5. The Morgan fingerprint density at radius 3 is 1.16 bits per heavy atom. The third-order valence-corrected chi connectivity index (χ3v) is 3.25. The molecular formula is C16H35FO2. The van der Waals surface area contributed by atoms with Gasteiger partial charge in [0.25, 0.3) is 0 Å². The Bertz CT molecular complexity index is 127. The second-order valence-corrected chi connectivity index (χ2v) is 5.18. The lowest BCUT2D eigenvalue weighted by Crippen LogP contribution is -1.99. The van der Waals surface area contributed by atoms with E-state index in [0.29, 0.717) is 0 Å². The van der Waals surface area contributed by atoms with Crippen molar-refractivity contribution in [3.8, 4) is 0 Å². The van der Waals surface area contributed by atoms with Gasteiger partial charge in [0.1, 0.15) is 0 Å². The maximum absolute atomic E-state index is 5.17. The van der Waals surface area contributed by atoms with Gasteiger partial charge in [-0.25, -0.2) is 9.78 Å². The van der Waals surface area contributed by atoms with Crippen molar-refractivity contribution in [2.75, 3.05) is 13.2 Å². The third kappa shape index (κ3) is 20.3. The minimum Gasteiger partial charge on any atom is -0.269 e. The molecule has 0 rings (SSSR count). The summed E-state index contributed by atoms with van der Waals surface area (Å²) in [5, 5.41) is 0. The van der Waals surface area contributed by atoms with E-state index in [9.17, 15) is 0 Å². The van der Waals surface area contributed by atoms with Crippen LogP contribution in [0.15, 0.2) is 0 Å². The van der Waals surface area contributed by atoms with Gasteiger partial charge in [-0.1, -0.05) is 78.1 Å². The molecule has 19 heavy (non-hydrogen) atoms. The smallest absolute Gasteiger partial charge is 0.0822 e. The molecule has 0 aliphatic carbocycles. The van der Waals surface area contributed by atoms with Crippen LogP contribution in [0.3, 0.4) is 0 Å². The largest absolute Gasteiger partial charge is 0.269 e. The van der Waals surface area contributed by atoms with Gasteiger partial charge in [-0.2, -0.15) is 0 Å². The molecule has 0 amide bonds. The molecule has 0 aromatic carbocycles. The van der Waals surface area contributed by atoms with Crippen molar-refractivity contribution in [3.63, 3.8) is 0 Å². The topological polar surface area (TPSA) is 18.5 Å². The van der Waals surface area contributed by atoms with E-state index in [4.69, 9.17) is 9.78 Å². The van der Waals surface area contributed by atoms with Crippen LogP contribution in [-0.4, -0.2) is 13.2 Å². The normalized spacial score (nSPS) is 10.4. The second-order valence-electron chi connectivity index (χ2n) is 5.18. The predicted molar refractivity (Wildman–Crippen MR) is 81.2 cm³/mol. The van der Waals surface area contributed by atoms with Gasteiger partial charge in [0.2, 0.25) is 0 Å². The SMILES string of the molecule is CCCCCCCCOOCCCCCCCC.F. The highest BCUT2D eigenvalue weighted by Gasteiger charge is 1.93. The summed E-state index contributed by atoms with van der Waals surface area (Å²) in [7, 11) is 0. The van der Waals surface area contributed by atoms with Crippen molar-refractivity contribution < 1.29 is 14.5 Å². The van der Waals surface area contributed by atoms with Crippen molar-refractivity contribution in [3.05, 3.63) is 0 Å². The van der Waals surface area contributed by atoms with Gasteiger partial charge >= 0.3 is 0 Å². The van der Waals surface area contributed by atoms with E-state index in [-0.39, 0.29) is 4.70 Å². The van der Waals surface area contributed by atoms with Crippen molar-refractivity contribution in [2.24, 2.45) is 0 Å². The monoisotopic (exact) mass is 278 g/mol. The molecule has 0 aliphatic heterocycles. The molecule has 0 aromatic heterocycles. The fourth-order valence-electron chi connectivity index (χ4n) is 2.00. The molecule has 2 nitrogen and oxygen atoms in total. The summed E-state index contributed by atoms with van der Waals surface area (Å²) >= 11 is 0. The fraction of sp³-hybridized carbons (Fsp3) is 1.00. The van der Waals surface area contributed by atoms with Gasteiger partial charge in [-0.3, -0.25) is 4.70 Å². The molecule has 0 unspecified atom stereocenters. The van der Waals surface area contributed by atoms with Crippen LogP contribution in [0.4, 0.5) is 4.70 Å². The van der Waals surface area contributed by atoms with Crippen LogP contribution in [0.2, 0.25) is 0 Å². The Morgan fingerprint density at radius 1 is 0.474 bits per heavy atom. The molecule has 0 spiro atoms. The Labute approximate surface area is 119 Å². The highest BCUT2D eigenvalue weighted by Crippen LogP contribution is 2.06. The lowest BCUT2D eigenvalue weighted by Gasteiger charge is -2.04. The van der Waals surface area contributed by atoms with E-state index in [1.165, 1.54) is 64.2 Å². The molecule has 0 aliphatic rings. The number of hydrogen-bond acceptors (Lipinski definition) is 2. The number of unbranched alkanes of at least 4 members (excludes halogenated alkanes) is 10. The van der Waals surface area contributed by atoms with E-state index in [1.807, 2.05) is 0 Å². The van der Waals surface area contributed by atoms with Crippen molar-refractivity contribution in [1.82, 2.24) is 0 Å². The zero-order valence-corrected chi connectivity index (χ0v) is 13.1. The summed E-state index contributed by atoms with van der Waals surface area (Å²) in [4.78, 5) is 10.3. The molecule has 0 atom stereocenters. The maximum Gasteiger partial charge on any atom is 0.0822 e. The lowest BCUT2D eigenvalue weighted by molar-refractivity contribution is -0.295. The Balaban J connectivity index is 0. The van der Waals surface area contributed by atoms with Crippen LogP contribution in [-0.2, 0) is 9.78 Å². The van der Waals surface area contributed by atoms with Crippen molar-refractivity contribution in [1.29, 1.82) is 0 Å². The Morgan fingerprint density at radius 2 is 0.789 bits per heavy atom. The van der Waals surface area contributed by atoms with Crippen LogP contribution in [0.5, 0.6) is 0 Å². The minimum absolute atomic E-state index is 0. The molecule has 0 bridgehead atoms. The molecule has 0 N–H and O–H groups in total. The van der Waals surface area contributed by atoms with Crippen LogP contribution in [0.25, 0.3) is 0 Å². The minimum atomic E-state index is 0. The first-order valence-corrected chi connectivity index (χ1v) is 8.16. The number of halogens is 1. The van der Waals surface area contributed by atoms with E-state index in [1.54, 1.807) is 0 Å². The van der Waals surface area contributed by atoms with Gasteiger partial charge < -0.3 is 0 Å². The lowest BCUT2D eigenvalue weighted by atomic mass is 10.1.